The van der Waals surface area contributed by atoms with E-state index in [0.717, 1.165) is 51.4 Å². The molecular formula is C47H84O4. The van der Waals surface area contributed by atoms with Gasteiger partial charge in [0.2, 0.25) is 0 Å². The Kier molecular flexibility index (Phi) is 42.6. The van der Waals surface area contributed by atoms with E-state index in [2.05, 4.69) is 74.6 Å². The third kappa shape index (κ3) is 42.4. The van der Waals surface area contributed by atoms with Crippen LogP contribution in [-0.2, 0) is 14.3 Å². The fourth-order valence-corrected chi connectivity index (χ4v) is 6.09. The number of esters is 1. The molecule has 0 aromatic carbocycles. The zero-order valence-corrected chi connectivity index (χ0v) is 33.9. The fourth-order valence-electron chi connectivity index (χ4n) is 6.09. The van der Waals surface area contributed by atoms with Gasteiger partial charge in [-0.05, 0) is 70.6 Å². The number of carbonyl (C=O) groups excluding carboxylic acids is 1. The summed E-state index contributed by atoms with van der Waals surface area (Å²) in [6.07, 6.45) is 58.7. The van der Waals surface area contributed by atoms with Crippen molar-refractivity contribution in [3.05, 3.63) is 60.8 Å². The highest BCUT2D eigenvalue weighted by atomic mass is 16.6. The standard InChI is InChI=1S/C47H84O4/c1-3-5-7-9-11-13-15-17-19-20-21-22-23-24-25-26-27-28-29-30-32-34-36-38-40-42-47(49)51-46(44-48)45-50-43-41-39-37-35-33-31-18-16-14-12-10-8-6-4-2/h6,8,12,14,18,20-21,31,35,37,46,48H,3-5,7,9-11,13,15-17,19,22-30,32-34,36,38-45H2,1-2H3/b8-6-,14-12-,21-20-,31-18-,37-35-. The van der Waals surface area contributed by atoms with Gasteiger partial charge in [0.25, 0.3) is 0 Å². The van der Waals surface area contributed by atoms with E-state index in [0.29, 0.717) is 13.0 Å². The fraction of sp³-hybridized carbons (Fsp3) is 0.766. The first-order valence-corrected chi connectivity index (χ1v) is 21.9. The predicted octanol–water partition coefficient (Wildman–Crippen LogP) is 14.4. The van der Waals surface area contributed by atoms with Crippen LogP contribution in [0, 0.1) is 0 Å². The maximum Gasteiger partial charge on any atom is 0.306 e. The highest BCUT2D eigenvalue weighted by Gasteiger charge is 2.13. The summed E-state index contributed by atoms with van der Waals surface area (Å²) < 4.78 is 11.1. The van der Waals surface area contributed by atoms with Gasteiger partial charge in [0, 0.05) is 13.0 Å². The van der Waals surface area contributed by atoms with E-state index in [4.69, 9.17) is 9.47 Å². The molecule has 1 atom stereocenters. The Balaban J connectivity index is 3.45. The highest BCUT2D eigenvalue weighted by Crippen LogP contribution is 2.15. The molecule has 0 bridgehead atoms. The Morgan fingerprint density at radius 3 is 1.35 bits per heavy atom. The molecule has 0 aliphatic heterocycles. The number of ether oxygens (including phenoxy) is 2. The zero-order chi connectivity index (χ0) is 37.0. The average molecular weight is 713 g/mol. The molecular weight excluding hydrogens is 629 g/mol. The highest BCUT2D eigenvalue weighted by molar-refractivity contribution is 5.69. The van der Waals surface area contributed by atoms with Crippen LogP contribution in [-0.4, -0.2) is 37.0 Å². The smallest absolute Gasteiger partial charge is 0.306 e. The lowest BCUT2D eigenvalue weighted by molar-refractivity contribution is -0.154. The number of aliphatic hydroxyl groups excluding tert-OH is 1. The minimum Gasteiger partial charge on any atom is -0.457 e. The van der Waals surface area contributed by atoms with Crippen LogP contribution < -0.4 is 0 Å². The van der Waals surface area contributed by atoms with Gasteiger partial charge in [0.15, 0.2) is 0 Å². The van der Waals surface area contributed by atoms with Crippen LogP contribution in [0.1, 0.15) is 206 Å². The molecule has 0 amide bonds. The van der Waals surface area contributed by atoms with E-state index < -0.39 is 6.10 Å². The van der Waals surface area contributed by atoms with Gasteiger partial charge in [0.1, 0.15) is 6.10 Å². The third-order valence-corrected chi connectivity index (χ3v) is 9.33. The number of allylic oxidation sites excluding steroid dienone is 10. The molecule has 1 N–H and O–H groups in total. The van der Waals surface area contributed by atoms with Crippen molar-refractivity contribution in [3.63, 3.8) is 0 Å². The van der Waals surface area contributed by atoms with Crippen LogP contribution in [0.4, 0.5) is 0 Å². The van der Waals surface area contributed by atoms with E-state index in [-0.39, 0.29) is 19.2 Å². The number of rotatable bonds is 40. The first kappa shape index (κ1) is 49.1. The van der Waals surface area contributed by atoms with Crippen molar-refractivity contribution >= 4 is 5.97 Å². The lowest BCUT2D eigenvalue weighted by Gasteiger charge is -2.15. The van der Waals surface area contributed by atoms with Crippen LogP contribution in [0.5, 0.6) is 0 Å². The SMILES string of the molecule is CC/C=C\C/C=C\C/C=C\C/C=C\CCCOCC(CO)OC(=O)CCCCCCCCCCCCCCC/C=C\CCCCCCCCCC. The molecule has 0 aliphatic rings. The number of hydrogen-bond donors (Lipinski definition) is 1. The summed E-state index contributed by atoms with van der Waals surface area (Å²) in [5.74, 6) is -0.219. The Morgan fingerprint density at radius 1 is 0.490 bits per heavy atom. The Bertz CT molecular complexity index is 839. The number of hydrogen-bond acceptors (Lipinski definition) is 4. The summed E-state index contributed by atoms with van der Waals surface area (Å²) >= 11 is 0. The third-order valence-electron chi connectivity index (χ3n) is 9.33. The van der Waals surface area contributed by atoms with Crippen LogP contribution in [0.2, 0.25) is 0 Å². The summed E-state index contributed by atoms with van der Waals surface area (Å²) in [6.45, 7) is 5.10. The number of carbonyl (C=O) groups is 1. The summed E-state index contributed by atoms with van der Waals surface area (Å²) in [6, 6.07) is 0. The molecule has 4 nitrogen and oxygen atoms in total. The Labute approximate surface area is 317 Å². The molecule has 296 valence electrons. The second kappa shape index (κ2) is 44.3. The average Bonchev–Trinajstić information content (AvgIpc) is 3.14. The zero-order valence-electron chi connectivity index (χ0n) is 33.9. The van der Waals surface area contributed by atoms with Crippen molar-refractivity contribution in [1.29, 1.82) is 0 Å². The molecule has 0 spiro atoms. The number of unbranched alkanes of at least 4 members (excludes halogenated alkanes) is 22. The maximum atomic E-state index is 12.2. The van der Waals surface area contributed by atoms with E-state index in [1.807, 2.05) is 0 Å². The van der Waals surface area contributed by atoms with Crippen molar-refractivity contribution in [1.82, 2.24) is 0 Å². The summed E-state index contributed by atoms with van der Waals surface area (Å²) in [5.41, 5.74) is 0. The van der Waals surface area contributed by atoms with E-state index in [1.54, 1.807) is 0 Å². The van der Waals surface area contributed by atoms with Crippen molar-refractivity contribution in [2.45, 2.75) is 213 Å². The molecule has 0 aliphatic carbocycles. The van der Waals surface area contributed by atoms with Gasteiger partial charge in [-0.3, -0.25) is 4.79 Å². The van der Waals surface area contributed by atoms with Gasteiger partial charge in [-0.2, -0.15) is 0 Å². The van der Waals surface area contributed by atoms with E-state index in [1.165, 1.54) is 135 Å². The van der Waals surface area contributed by atoms with Crippen molar-refractivity contribution in [3.8, 4) is 0 Å². The van der Waals surface area contributed by atoms with Crippen LogP contribution in [0.25, 0.3) is 0 Å². The minimum absolute atomic E-state index is 0.195. The van der Waals surface area contributed by atoms with Crippen LogP contribution in [0.3, 0.4) is 0 Å². The van der Waals surface area contributed by atoms with E-state index >= 15 is 0 Å². The molecule has 0 saturated carbocycles. The molecule has 1 unspecified atom stereocenters. The monoisotopic (exact) mass is 713 g/mol. The predicted molar refractivity (Wildman–Crippen MR) is 223 cm³/mol. The van der Waals surface area contributed by atoms with Gasteiger partial charge in [0.05, 0.1) is 13.2 Å². The summed E-state index contributed by atoms with van der Waals surface area (Å²) in [4.78, 5) is 12.2. The lowest BCUT2D eigenvalue weighted by Crippen LogP contribution is -2.27. The molecule has 0 rings (SSSR count). The second-order valence-electron chi connectivity index (χ2n) is 14.4. The Morgan fingerprint density at radius 2 is 0.882 bits per heavy atom. The topological polar surface area (TPSA) is 55.8 Å². The number of aliphatic hydroxyl groups is 1. The molecule has 0 radical (unpaired) electrons. The van der Waals surface area contributed by atoms with Crippen molar-refractivity contribution in [2.75, 3.05) is 19.8 Å². The molecule has 0 aromatic heterocycles. The molecule has 0 heterocycles. The lowest BCUT2D eigenvalue weighted by atomic mass is 10.0. The van der Waals surface area contributed by atoms with Gasteiger partial charge in [-0.25, -0.2) is 0 Å². The van der Waals surface area contributed by atoms with E-state index in [9.17, 15) is 9.90 Å². The van der Waals surface area contributed by atoms with Crippen molar-refractivity contribution in [2.24, 2.45) is 0 Å². The van der Waals surface area contributed by atoms with Gasteiger partial charge >= 0.3 is 5.97 Å². The summed E-state index contributed by atoms with van der Waals surface area (Å²) in [7, 11) is 0. The first-order chi connectivity index (χ1) is 25.2. The van der Waals surface area contributed by atoms with Crippen LogP contribution >= 0.6 is 0 Å². The van der Waals surface area contributed by atoms with Gasteiger partial charge in [-0.15, -0.1) is 0 Å². The van der Waals surface area contributed by atoms with Gasteiger partial charge in [-0.1, -0.05) is 190 Å². The van der Waals surface area contributed by atoms with Gasteiger partial charge < -0.3 is 14.6 Å². The molecule has 0 saturated heterocycles. The van der Waals surface area contributed by atoms with Crippen molar-refractivity contribution < 1.29 is 19.4 Å². The summed E-state index contributed by atoms with van der Waals surface area (Å²) in [5, 5.41) is 9.58. The quantitative estimate of drug-likeness (QED) is 0.0390. The second-order valence-corrected chi connectivity index (χ2v) is 14.4. The van der Waals surface area contributed by atoms with Crippen LogP contribution in [0.15, 0.2) is 60.8 Å². The largest absolute Gasteiger partial charge is 0.457 e. The minimum atomic E-state index is -0.564. The molecule has 0 aromatic rings. The maximum absolute atomic E-state index is 12.2. The molecule has 51 heavy (non-hydrogen) atoms. The molecule has 4 heteroatoms. The Hall–Kier alpha value is -1.91. The molecule has 0 fully saturated rings. The first-order valence-electron chi connectivity index (χ1n) is 21.9. The normalized spacial score (nSPS) is 12.9.